The van der Waals surface area contributed by atoms with Gasteiger partial charge in [0.2, 0.25) is 0 Å². The number of hydrazine groups is 1. The van der Waals surface area contributed by atoms with Gasteiger partial charge in [0.15, 0.2) is 0 Å². The highest BCUT2D eigenvalue weighted by molar-refractivity contribution is 14.1. The Labute approximate surface area is 78.8 Å². The summed E-state index contributed by atoms with van der Waals surface area (Å²) in [7, 11) is 0. The zero-order valence-corrected chi connectivity index (χ0v) is 8.04. The molecule has 1 unspecified atom stereocenters. The van der Waals surface area contributed by atoms with Crippen LogP contribution in [-0.2, 0) is 4.79 Å². The standard InChI is InChI=1S/C7H9IN2O/c8-6-3-1-2-5(4-6)7(11)10-9/h1-3,6H,4,9H2,(H,10,11). The van der Waals surface area contributed by atoms with Gasteiger partial charge in [-0.15, -0.1) is 0 Å². The van der Waals surface area contributed by atoms with Gasteiger partial charge in [0.1, 0.15) is 0 Å². The molecule has 1 aliphatic rings. The van der Waals surface area contributed by atoms with Crippen LogP contribution in [0.1, 0.15) is 6.42 Å². The molecule has 0 aliphatic heterocycles. The number of carbonyl (C=O) groups is 1. The topological polar surface area (TPSA) is 55.1 Å². The van der Waals surface area contributed by atoms with E-state index in [2.05, 4.69) is 28.0 Å². The Morgan fingerprint density at radius 3 is 3.09 bits per heavy atom. The van der Waals surface area contributed by atoms with Crippen LogP contribution < -0.4 is 11.3 Å². The number of nitrogens with one attached hydrogen (secondary N) is 1. The second-order valence-corrected chi connectivity index (χ2v) is 3.87. The normalized spacial score (nSPS) is 22.7. The second-order valence-electron chi connectivity index (χ2n) is 2.27. The van der Waals surface area contributed by atoms with Gasteiger partial charge >= 0.3 is 0 Å². The van der Waals surface area contributed by atoms with Gasteiger partial charge in [-0.05, 0) is 6.42 Å². The predicted octanol–water partition coefficient (Wildman–Crippen LogP) is 0.666. The molecule has 0 aromatic carbocycles. The molecule has 0 heterocycles. The molecule has 3 N–H and O–H groups in total. The Balaban J connectivity index is 2.66. The highest BCUT2D eigenvalue weighted by Gasteiger charge is 2.13. The molecule has 11 heavy (non-hydrogen) atoms. The fourth-order valence-electron chi connectivity index (χ4n) is 0.900. The van der Waals surface area contributed by atoms with Gasteiger partial charge in [-0.3, -0.25) is 10.2 Å². The van der Waals surface area contributed by atoms with Gasteiger partial charge in [0, 0.05) is 9.50 Å². The van der Waals surface area contributed by atoms with Crippen molar-refractivity contribution in [2.45, 2.75) is 10.3 Å². The number of halogens is 1. The molecule has 0 aromatic rings. The van der Waals surface area contributed by atoms with E-state index in [1.54, 1.807) is 6.08 Å². The lowest BCUT2D eigenvalue weighted by Gasteiger charge is -2.10. The van der Waals surface area contributed by atoms with E-state index in [1.807, 2.05) is 12.2 Å². The van der Waals surface area contributed by atoms with E-state index in [4.69, 9.17) is 5.84 Å². The summed E-state index contributed by atoms with van der Waals surface area (Å²) in [4.78, 5) is 11.0. The minimum absolute atomic E-state index is 0.184. The van der Waals surface area contributed by atoms with Crippen molar-refractivity contribution in [3.8, 4) is 0 Å². The van der Waals surface area contributed by atoms with Crippen LogP contribution in [0.3, 0.4) is 0 Å². The lowest BCUT2D eigenvalue weighted by molar-refractivity contribution is -0.117. The Bertz CT molecular complexity index is 222. The molecular formula is C7H9IN2O. The van der Waals surface area contributed by atoms with E-state index in [-0.39, 0.29) is 5.91 Å². The zero-order valence-electron chi connectivity index (χ0n) is 5.88. The summed E-state index contributed by atoms with van der Waals surface area (Å²) in [5.41, 5.74) is 2.86. The van der Waals surface area contributed by atoms with Gasteiger partial charge < -0.3 is 0 Å². The van der Waals surface area contributed by atoms with Crippen LogP contribution in [0.25, 0.3) is 0 Å². The summed E-state index contributed by atoms with van der Waals surface area (Å²) < 4.78 is 0.407. The molecular weight excluding hydrogens is 255 g/mol. The Morgan fingerprint density at radius 2 is 2.55 bits per heavy atom. The number of carbonyl (C=O) groups excluding carboxylic acids is 1. The van der Waals surface area contributed by atoms with Crippen LogP contribution in [0, 0.1) is 0 Å². The van der Waals surface area contributed by atoms with Crippen molar-refractivity contribution in [3.63, 3.8) is 0 Å². The van der Waals surface area contributed by atoms with Gasteiger partial charge in [-0.2, -0.15) is 0 Å². The quantitative estimate of drug-likeness (QED) is 0.240. The van der Waals surface area contributed by atoms with Crippen molar-refractivity contribution >= 4 is 28.5 Å². The third-order valence-electron chi connectivity index (χ3n) is 1.46. The van der Waals surface area contributed by atoms with Crippen molar-refractivity contribution in [1.82, 2.24) is 5.43 Å². The first kappa shape index (κ1) is 8.73. The Morgan fingerprint density at radius 1 is 1.82 bits per heavy atom. The van der Waals surface area contributed by atoms with Crippen molar-refractivity contribution in [1.29, 1.82) is 0 Å². The van der Waals surface area contributed by atoms with Crippen molar-refractivity contribution in [2.75, 3.05) is 0 Å². The van der Waals surface area contributed by atoms with Crippen LogP contribution in [0.5, 0.6) is 0 Å². The summed E-state index contributed by atoms with van der Waals surface area (Å²) in [5, 5.41) is 0. The molecule has 0 aromatic heterocycles. The molecule has 1 amide bonds. The second kappa shape index (κ2) is 3.87. The maximum Gasteiger partial charge on any atom is 0.261 e. The van der Waals surface area contributed by atoms with Gasteiger partial charge in [-0.1, -0.05) is 40.8 Å². The van der Waals surface area contributed by atoms with Crippen LogP contribution >= 0.6 is 22.6 Å². The summed E-state index contributed by atoms with van der Waals surface area (Å²) in [6.45, 7) is 0. The average molecular weight is 264 g/mol. The molecule has 0 spiro atoms. The third-order valence-corrected chi connectivity index (χ3v) is 2.31. The summed E-state index contributed by atoms with van der Waals surface area (Å²) in [6, 6.07) is 0. The van der Waals surface area contributed by atoms with Crippen molar-refractivity contribution in [3.05, 3.63) is 23.8 Å². The summed E-state index contributed by atoms with van der Waals surface area (Å²) in [6.07, 6.45) is 6.48. The van der Waals surface area contributed by atoms with Gasteiger partial charge in [0.05, 0.1) is 0 Å². The van der Waals surface area contributed by atoms with Gasteiger partial charge in [0.25, 0.3) is 5.91 Å². The first-order valence-electron chi connectivity index (χ1n) is 3.26. The van der Waals surface area contributed by atoms with E-state index >= 15 is 0 Å². The number of hydrogen-bond acceptors (Lipinski definition) is 2. The van der Waals surface area contributed by atoms with Crippen molar-refractivity contribution < 1.29 is 4.79 Å². The predicted molar refractivity (Wildman–Crippen MR) is 52.0 cm³/mol. The van der Waals surface area contributed by atoms with Crippen LogP contribution in [0.4, 0.5) is 0 Å². The number of alkyl halides is 1. The van der Waals surface area contributed by atoms with E-state index < -0.39 is 0 Å². The SMILES string of the molecule is NNC(=O)C1=CC=CC(I)C1. The van der Waals surface area contributed by atoms with E-state index in [0.717, 1.165) is 12.0 Å². The molecule has 1 rings (SSSR count). The fourth-order valence-corrected chi connectivity index (χ4v) is 1.61. The minimum atomic E-state index is -0.184. The molecule has 0 saturated carbocycles. The number of nitrogens with two attached hydrogens (primary N) is 1. The molecule has 0 saturated heterocycles. The number of hydrogen-bond donors (Lipinski definition) is 2. The summed E-state index contributed by atoms with van der Waals surface area (Å²) in [5.74, 6) is 4.80. The molecule has 4 heteroatoms. The third kappa shape index (κ3) is 2.30. The number of amides is 1. The average Bonchev–Trinajstić information content (AvgIpc) is 2.03. The Hall–Kier alpha value is -0.360. The first-order chi connectivity index (χ1) is 5.24. The smallest absolute Gasteiger partial charge is 0.261 e. The van der Waals surface area contributed by atoms with Crippen LogP contribution in [0.15, 0.2) is 23.8 Å². The first-order valence-corrected chi connectivity index (χ1v) is 4.51. The van der Waals surface area contributed by atoms with E-state index in [0.29, 0.717) is 3.92 Å². The molecule has 1 aliphatic carbocycles. The fraction of sp³-hybridized carbons (Fsp3) is 0.286. The number of allylic oxidation sites excluding steroid dienone is 3. The van der Waals surface area contributed by atoms with Crippen LogP contribution in [-0.4, -0.2) is 9.83 Å². The van der Waals surface area contributed by atoms with Crippen LogP contribution in [0.2, 0.25) is 0 Å². The van der Waals surface area contributed by atoms with E-state index in [1.165, 1.54) is 0 Å². The molecule has 3 nitrogen and oxygen atoms in total. The molecule has 0 bridgehead atoms. The zero-order chi connectivity index (χ0) is 8.27. The Kier molecular flexibility index (Phi) is 3.07. The molecule has 1 atom stereocenters. The lowest BCUT2D eigenvalue weighted by atomic mass is 10.1. The summed E-state index contributed by atoms with van der Waals surface area (Å²) >= 11 is 2.27. The maximum absolute atomic E-state index is 11.0. The molecule has 0 radical (unpaired) electrons. The maximum atomic E-state index is 11.0. The lowest BCUT2D eigenvalue weighted by Crippen LogP contribution is -2.32. The highest BCUT2D eigenvalue weighted by Crippen LogP contribution is 2.18. The molecule has 0 fully saturated rings. The monoisotopic (exact) mass is 264 g/mol. The van der Waals surface area contributed by atoms with E-state index in [9.17, 15) is 4.79 Å². The molecule has 60 valence electrons. The van der Waals surface area contributed by atoms with Gasteiger partial charge in [-0.25, -0.2) is 5.84 Å². The van der Waals surface area contributed by atoms with Crippen molar-refractivity contribution in [2.24, 2.45) is 5.84 Å². The minimum Gasteiger partial charge on any atom is -0.290 e. The largest absolute Gasteiger partial charge is 0.290 e. The highest BCUT2D eigenvalue weighted by atomic mass is 127. The number of rotatable bonds is 1.